The molecule has 0 N–H and O–H groups in total. The van der Waals surface area contributed by atoms with E-state index < -0.39 is 0 Å². The highest BCUT2D eigenvalue weighted by molar-refractivity contribution is 5.75. The van der Waals surface area contributed by atoms with Crippen LogP contribution in [0.1, 0.15) is 22.5 Å². The zero-order chi connectivity index (χ0) is 23.2. The summed E-state index contributed by atoms with van der Waals surface area (Å²) in [4.78, 5) is 4.82. The number of nitrogens with zero attached hydrogens (tertiary/aromatic N) is 2. The Morgan fingerprint density at radius 3 is 2.61 bits per heavy atom. The number of hydrogen-bond donors (Lipinski definition) is 0. The maximum absolute atomic E-state index is 6.14. The van der Waals surface area contributed by atoms with Crippen LogP contribution in [0.3, 0.4) is 0 Å². The SMILES string of the molecule is C=CCc1ccc(OCc2nc3ccccc3n2CCOc2cccc(C)c2C)c(OC)c1. The van der Waals surface area contributed by atoms with Gasteiger partial charge < -0.3 is 18.8 Å². The Labute approximate surface area is 195 Å². The monoisotopic (exact) mass is 442 g/mol. The lowest BCUT2D eigenvalue weighted by molar-refractivity contribution is 0.261. The maximum Gasteiger partial charge on any atom is 0.161 e. The number of para-hydroxylation sites is 2. The molecule has 0 saturated heterocycles. The summed E-state index contributed by atoms with van der Waals surface area (Å²) in [5.74, 6) is 3.16. The molecular formula is C28H30N2O3. The highest BCUT2D eigenvalue weighted by atomic mass is 16.5. The summed E-state index contributed by atoms with van der Waals surface area (Å²) < 4.78 is 20.0. The van der Waals surface area contributed by atoms with Crippen molar-refractivity contribution in [1.82, 2.24) is 9.55 Å². The summed E-state index contributed by atoms with van der Waals surface area (Å²) in [5, 5.41) is 0. The first-order valence-electron chi connectivity index (χ1n) is 11.1. The predicted octanol–water partition coefficient (Wildman–Crippen LogP) is 6.05. The van der Waals surface area contributed by atoms with Gasteiger partial charge in [0.2, 0.25) is 0 Å². The quantitative estimate of drug-likeness (QED) is 0.281. The van der Waals surface area contributed by atoms with Crippen molar-refractivity contribution in [3.8, 4) is 17.2 Å². The smallest absolute Gasteiger partial charge is 0.161 e. The lowest BCUT2D eigenvalue weighted by atomic mass is 10.1. The van der Waals surface area contributed by atoms with E-state index in [1.54, 1.807) is 7.11 Å². The first kappa shape index (κ1) is 22.5. The normalized spacial score (nSPS) is 10.9. The molecular weight excluding hydrogens is 412 g/mol. The van der Waals surface area contributed by atoms with Crippen molar-refractivity contribution < 1.29 is 14.2 Å². The molecule has 0 saturated carbocycles. The minimum Gasteiger partial charge on any atom is -0.493 e. The minimum absolute atomic E-state index is 0.329. The summed E-state index contributed by atoms with van der Waals surface area (Å²) >= 11 is 0. The molecule has 5 nitrogen and oxygen atoms in total. The van der Waals surface area contributed by atoms with E-state index >= 15 is 0 Å². The Morgan fingerprint density at radius 1 is 0.939 bits per heavy atom. The maximum atomic E-state index is 6.14. The van der Waals surface area contributed by atoms with Crippen LogP contribution in [0.2, 0.25) is 0 Å². The van der Waals surface area contributed by atoms with Crippen LogP contribution in [0.4, 0.5) is 0 Å². The number of ether oxygens (including phenoxy) is 3. The summed E-state index contributed by atoms with van der Waals surface area (Å²) in [7, 11) is 1.65. The third-order valence-corrected chi connectivity index (χ3v) is 5.83. The van der Waals surface area contributed by atoms with Crippen LogP contribution in [0, 0.1) is 13.8 Å². The van der Waals surface area contributed by atoms with E-state index in [0.29, 0.717) is 31.3 Å². The van der Waals surface area contributed by atoms with E-state index in [2.05, 4.69) is 37.1 Å². The molecule has 0 unspecified atom stereocenters. The van der Waals surface area contributed by atoms with Crippen LogP contribution in [-0.2, 0) is 19.6 Å². The number of aromatic nitrogens is 2. The van der Waals surface area contributed by atoms with Crippen molar-refractivity contribution in [3.05, 3.63) is 95.8 Å². The Hall–Kier alpha value is -3.73. The topological polar surface area (TPSA) is 45.5 Å². The van der Waals surface area contributed by atoms with Gasteiger partial charge in [0.05, 0.1) is 24.7 Å². The molecule has 1 heterocycles. The van der Waals surface area contributed by atoms with Gasteiger partial charge in [-0.2, -0.15) is 0 Å². The third-order valence-electron chi connectivity index (χ3n) is 5.83. The number of methoxy groups -OCH3 is 1. The third kappa shape index (κ3) is 5.03. The second-order valence-electron chi connectivity index (χ2n) is 7.98. The van der Waals surface area contributed by atoms with Crippen LogP contribution < -0.4 is 14.2 Å². The van der Waals surface area contributed by atoms with Crippen molar-refractivity contribution in [3.63, 3.8) is 0 Å². The van der Waals surface area contributed by atoms with Gasteiger partial charge in [0.25, 0.3) is 0 Å². The van der Waals surface area contributed by atoms with Gasteiger partial charge >= 0.3 is 0 Å². The van der Waals surface area contributed by atoms with Crippen LogP contribution in [-0.4, -0.2) is 23.3 Å². The van der Waals surface area contributed by atoms with Crippen molar-refractivity contribution >= 4 is 11.0 Å². The highest BCUT2D eigenvalue weighted by Crippen LogP contribution is 2.29. The van der Waals surface area contributed by atoms with E-state index in [9.17, 15) is 0 Å². The molecule has 0 aliphatic heterocycles. The lowest BCUT2D eigenvalue weighted by Crippen LogP contribution is -2.13. The van der Waals surface area contributed by atoms with Crippen molar-refractivity contribution in [1.29, 1.82) is 0 Å². The summed E-state index contributed by atoms with van der Waals surface area (Å²) in [6.07, 6.45) is 2.66. The fraction of sp³-hybridized carbons (Fsp3) is 0.250. The lowest BCUT2D eigenvalue weighted by Gasteiger charge is -2.15. The summed E-state index contributed by atoms with van der Waals surface area (Å²) in [6.45, 7) is 9.52. The number of fused-ring (bicyclic) bond motifs is 1. The van der Waals surface area contributed by atoms with E-state index in [0.717, 1.165) is 34.6 Å². The zero-order valence-corrected chi connectivity index (χ0v) is 19.5. The second kappa shape index (κ2) is 10.3. The first-order valence-corrected chi connectivity index (χ1v) is 11.1. The molecule has 0 aliphatic carbocycles. The fourth-order valence-electron chi connectivity index (χ4n) is 3.88. The fourth-order valence-corrected chi connectivity index (χ4v) is 3.88. The molecule has 0 amide bonds. The van der Waals surface area contributed by atoms with Gasteiger partial charge in [0.1, 0.15) is 24.8 Å². The molecule has 4 rings (SSSR count). The number of aryl methyl sites for hydroxylation is 1. The molecule has 0 radical (unpaired) electrons. The predicted molar refractivity (Wildman–Crippen MR) is 132 cm³/mol. The molecule has 0 aliphatic rings. The molecule has 5 heteroatoms. The largest absolute Gasteiger partial charge is 0.493 e. The van der Waals surface area contributed by atoms with Gasteiger partial charge in [-0.3, -0.25) is 0 Å². The number of rotatable bonds is 10. The number of benzene rings is 3. The molecule has 0 fully saturated rings. The van der Waals surface area contributed by atoms with Gasteiger partial charge in [-0.15, -0.1) is 6.58 Å². The van der Waals surface area contributed by atoms with Crippen molar-refractivity contribution in [2.45, 2.75) is 33.4 Å². The van der Waals surface area contributed by atoms with E-state index in [-0.39, 0.29) is 0 Å². The van der Waals surface area contributed by atoms with Crippen LogP contribution in [0.15, 0.2) is 73.3 Å². The Morgan fingerprint density at radius 2 is 1.79 bits per heavy atom. The van der Waals surface area contributed by atoms with Crippen molar-refractivity contribution in [2.75, 3.05) is 13.7 Å². The second-order valence-corrected chi connectivity index (χ2v) is 7.98. The molecule has 33 heavy (non-hydrogen) atoms. The Balaban J connectivity index is 1.53. The first-order chi connectivity index (χ1) is 16.1. The van der Waals surface area contributed by atoms with Gasteiger partial charge in [-0.1, -0.05) is 36.4 Å². The minimum atomic E-state index is 0.329. The number of imidazole rings is 1. The highest BCUT2D eigenvalue weighted by Gasteiger charge is 2.13. The average molecular weight is 443 g/mol. The molecule has 0 bridgehead atoms. The van der Waals surface area contributed by atoms with Crippen molar-refractivity contribution in [2.24, 2.45) is 0 Å². The molecule has 1 aromatic heterocycles. The van der Waals surface area contributed by atoms with Crippen LogP contribution in [0.25, 0.3) is 11.0 Å². The van der Waals surface area contributed by atoms with Crippen LogP contribution in [0.5, 0.6) is 17.2 Å². The molecule has 4 aromatic rings. The van der Waals surface area contributed by atoms with E-state index in [4.69, 9.17) is 19.2 Å². The molecule has 0 spiro atoms. The average Bonchev–Trinajstić information content (AvgIpc) is 3.18. The van der Waals surface area contributed by atoms with Gasteiger partial charge in [-0.05, 0) is 67.3 Å². The molecule has 3 aromatic carbocycles. The van der Waals surface area contributed by atoms with E-state index in [1.165, 1.54) is 11.1 Å². The van der Waals surface area contributed by atoms with Crippen LogP contribution >= 0.6 is 0 Å². The van der Waals surface area contributed by atoms with Gasteiger partial charge in [0, 0.05) is 0 Å². The molecule has 170 valence electrons. The number of allylic oxidation sites excluding steroid dienone is 1. The standard InChI is InChI=1S/C28H30N2O3/c1-5-9-22-14-15-26(27(18-22)31-4)33-19-28-29-23-11-6-7-12-24(23)30(28)16-17-32-25-13-8-10-20(2)21(25)3/h5-8,10-15,18H,1,9,16-17,19H2,2-4H3. The Bertz CT molecular complexity index is 1260. The van der Waals surface area contributed by atoms with Gasteiger partial charge in [0.15, 0.2) is 11.5 Å². The van der Waals surface area contributed by atoms with E-state index in [1.807, 2.05) is 54.6 Å². The van der Waals surface area contributed by atoms with Gasteiger partial charge in [-0.25, -0.2) is 4.98 Å². The summed E-state index contributed by atoms with van der Waals surface area (Å²) in [6, 6.07) is 20.2. The Kier molecular flexibility index (Phi) is 6.98. The zero-order valence-electron chi connectivity index (χ0n) is 19.5. The molecule has 0 atom stereocenters. The summed E-state index contributed by atoms with van der Waals surface area (Å²) in [5.41, 5.74) is 5.53. The number of hydrogen-bond acceptors (Lipinski definition) is 4.